The summed E-state index contributed by atoms with van der Waals surface area (Å²) in [5, 5.41) is 12.8. The van der Waals surface area contributed by atoms with Crippen LogP contribution in [-0.2, 0) is 19.2 Å². The molecule has 0 amide bonds. The Bertz CT molecular complexity index is 1140. The summed E-state index contributed by atoms with van der Waals surface area (Å²) in [6.07, 6.45) is 0.591. The number of thiazole rings is 1. The first kappa shape index (κ1) is 19.1. The summed E-state index contributed by atoms with van der Waals surface area (Å²) >= 11 is 3.33. The summed E-state index contributed by atoms with van der Waals surface area (Å²) in [4.78, 5) is 4.77. The van der Waals surface area contributed by atoms with Crippen LogP contribution >= 0.6 is 23.1 Å². The van der Waals surface area contributed by atoms with Crippen LogP contribution in [0.1, 0.15) is 28.2 Å². The molecule has 3 heterocycles. The van der Waals surface area contributed by atoms with E-state index >= 15 is 0 Å². The van der Waals surface area contributed by atoms with Crippen LogP contribution in [0.3, 0.4) is 0 Å². The van der Waals surface area contributed by atoms with Crippen molar-refractivity contribution in [3.05, 3.63) is 82.1 Å². The molecular formula is C22H20N4O2S2. The Balaban J connectivity index is 1.23. The number of aromatic nitrogens is 4. The summed E-state index contributed by atoms with van der Waals surface area (Å²) in [5.74, 6) is 3.01. The van der Waals surface area contributed by atoms with Gasteiger partial charge >= 0.3 is 0 Å². The zero-order valence-electron chi connectivity index (χ0n) is 16.4. The number of rotatable bonds is 6. The summed E-state index contributed by atoms with van der Waals surface area (Å²) in [6.45, 7) is 0.419. The Hall–Kier alpha value is -2.84. The van der Waals surface area contributed by atoms with Gasteiger partial charge in [-0.25, -0.2) is 4.98 Å². The zero-order chi connectivity index (χ0) is 20.3. The largest absolute Gasteiger partial charge is 0.485 e. The van der Waals surface area contributed by atoms with Crippen LogP contribution in [0.2, 0.25) is 0 Å². The molecule has 152 valence electrons. The zero-order valence-corrected chi connectivity index (χ0v) is 18.0. The molecule has 1 aliphatic heterocycles. The molecule has 0 N–H and O–H groups in total. The normalized spacial score (nSPS) is 15.3. The van der Waals surface area contributed by atoms with Crippen LogP contribution in [-0.4, -0.2) is 26.4 Å². The Labute approximate surface area is 182 Å². The molecule has 1 aliphatic rings. The summed E-state index contributed by atoms with van der Waals surface area (Å²) < 4.78 is 13.9. The summed E-state index contributed by atoms with van der Waals surface area (Å²) in [7, 11) is 1.96. The van der Waals surface area contributed by atoms with Gasteiger partial charge in [0.1, 0.15) is 6.61 Å². The van der Waals surface area contributed by atoms with Crippen LogP contribution in [0.15, 0.2) is 65.1 Å². The van der Waals surface area contributed by atoms with E-state index in [0.717, 1.165) is 45.4 Å². The van der Waals surface area contributed by atoms with Gasteiger partial charge < -0.3 is 14.0 Å². The molecule has 4 aromatic rings. The van der Waals surface area contributed by atoms with E-state index in [1.807, 2.05) is 41.9 Å². The van der Waals surface area contributed by atoms with Crippen molar-refractivity contribution in [2.24, 2.45) is 7.05 Å². The lowest BCUT2D eigenvalue weighted by molar-refractivity contribution is 0.0825. The van der Waals surface area contributed by atoms with E-state index in [-0.39, 0.29) is 6.10 Å². The van der Waals surface area contributed by atoms with Gasteiger partial charge in [0.05, 0.1) is 10.7 Å². The van der Waals surface area contributed by atoms with Crippen LogP contribution in [0.4, 0.5) is 0 Å². The van der Waals surface area contributed by atoms with Gasteiger partial charge in [0.15, 0.2) is 28.6 Å². The fourth-order valence-electron chi connectivity index (χ4n) is 3.28. The van der Waals surface area contributed by atoms with Crippen molar-refractivity contribution in [3.8, 4) is 11.5 Å². The highest BCUT2D eigenvalue weighted by atomic mass is 32.2. The minimum absolute atomic E-state index is 0.275. The summed E-state index contributed by atoms with van der Waals surface area (Å²) in [6, 6.07) is 18.1. The average molecular weight is 437 g/mol. The van der Waals surface area contributed by atoms with Crippen molar-refractivity contribution < 1.29 is 9.47 Å². The van der Waals surface area contributed by atoms with E-state index in [2.05, 4.69) is 39.8 Å². The lowest BCUT2D eigenvalue weighted by atomic mass is 10.2. The maximum absolute atomic E-state index is 6.07. The first-order valence-electron chi connectivity index (χ1n) is 9.64. The van der Waals surface area contributed by atoms with Crippen LogP contribution in [0.25, 0.3) is 0 Å². The summed E-state index contributed by atoms with van der Waals surface area (Å²) in [5.41, 5.74) is 2.34. The molecule has 0 spiro atoms. The van der Waals surface area contributed by atoms with Crippen LogP contribution in [0.5, 0.6) is 11.5 Å². The molecule has 0 saturated heterocycles. The highest BCUT2D eigenvalue weighted by Gasteiger charge is 2.27. The van der Waals surface area contributed by atoms with Gasteiger partial charge in [0.2, 0.25) is 0 Å². The monoisotopic (exact) mass is 436 g/mol. The highest BCUT2D eigenvalue weighted by molar-refractivity contribution is 7.98. The first-order valence-corrected chi connectivity index (χ1v) is 11.5. The molecule has 0 bridgehead atoms. The number of hydrogen-bond acceptors (Lipinski definition) is 7. The SMILES string of the molecule is Cn1c(SCc2csc(Cc3ccccc3)n2)nnc1C1COc2ccccc2O1. The van der Waals surface area contributed by atoms with Crippen molar-refractivity contribution in [2.75, 3.05) is 6.61 Å². The van der Waals surface area contributed by atoms with E-state index in [9.17, 15) is 0 Å². The van der Waals surface area contributed by atoms with E-state index < -0.39 is 0 Å². The second-order valence-corrected chi connectivity index (χ2v) is 8.83. The molecule has 1 unspecified atom stereocenters. The fourth-order valence-corrected chi connectivity index (χ4v) is 5.03. The van der Waals surface area contributed by atoms with Gasteiger partial charge in [-0.05, 0) is 17.7 Å². The highest BCUT2D eigenvalue weighted by Crippen LogP contribution is 2.36. The standard InChI is InChI=1S/C22H20N4O2S2/c1-26-21(19-12-27-17-9-5-6-10-18(17)28-19)24-25-22(26)30-14-16-13-29-20(23-16)11-15-7-3-2-4-8-15/h2-10,13,19H,11-12,14H2,1H3. The molecular weight excluding hydrogens is 416 g/mol. The number of fused-ring (bicyclic) bond motifs is 1. The molecule has 6 nitrogen and oxygen atoms in total. The molecule has 30 heavy (non-hydrogen) atoms. The van der Waals surface area contributed by atoms with Gasteiger partial charge in [-0.3, -0.25) is 0 Å². The number of nitrogens with zero attached hydrogens (tertiary/aromatic N) is 4. The molecule has 1 atom stereocenters. The molecule has 2 aromatic carbocycles. The van der Waals surface area contributed by atoms with Gasteiger partial charge in [0.25, 0.3) is 0 Å². The molecule has 0 radical (unpaired) electrons. The minimum atomic E-state index is -0.275. The molecule has 0 saturated carbocycles. The predicted octanol–water partition coefficient (Wildman–Crippen LogP) is 4.67. The van der Waals surface area contributed by atoms with Gasteiger partial charge in [-0.1, -0.05) is 54.2 Å². The molecule has 0 aliphatic carbocycles. The number of hydrogen-bond donors (Lipinski definition) is 0. The number of thioether (sulfide) groups is 1. The number of ether oxygens (including phenoxy) is 2. The quantitative estimate of drug-likeness (QED) is 0.410. The second-order valence-electron chi connectivity index (χ2n) is 6.95. The molecule has 2 aromatic heterocycles. The van der Waals surface area contributed by atoms with Crippen molar-refractivity contribution in [3.63, 3.8) is 0 Å². The maximum Gasteiger partial charge on any atom is 0.192 e. The first-order chi connectivity index (χ1) is 14.8. The second kappa shape index (κ2) is 8.49. The third-order valence-corrected chi connectivity index (χ3v) is 6.76. The van der Waals surface area contributed by atoms with Crippen molar-refractivity contribution in [1.29, 1.82) is 0 Å². The third kappa shape index (κ3) is 4.06. The van der Waals surface area contributed by atoms with Crippen LogP contribution < -0.4 is 9.47 Å². The minimum Gasteiger partial charge on any atom is -0.485 e. The topological polar surface area (TPSA) is 62.1 Å². The van der Waals surface area contributed by atoms with E-state index in [1.165, 1.54) is 5.56 Å². The van der Waals surface area contributed by atoms with Crippen molar-refractivity contribution >= 4 is 23.1 Å². The third-order valence-electron chi connectivity index (χ3n) is 4.81. The Morgan fingerprint density at radius 1 is 1.07 bits per heavy atom. The van der Waals surface area contributed by atoms with E-state index in [0.29, 0.717) is 6.61 Å². The average Bonchev–Trinajstić information content (AvgIpc) is 3.38. The molecule has 0 fully saturated rings. The van der Waals surface area contributed by atoms with Crippen LogP contribution in [0, 0.1) is 0 Å². The predicted molar refractivity (Wildman–Crippen MR) is 117 cm³/mol. The number of para-hydroxylation sites is 2. The Kier molecular flexibility index (Phi) is 5.42. The molecule has 8 heteroatoms. The lowest BCUT2D eigenvalue weighted by Gasteiger charge is -2.25. The Morgan fingerprint density at radius 2 is 1.87 bits per heavy atom. The van der Waals surface area contributed by atoms with Crippen molar-refractivity contribution in [1.82, 2.24) is 19.7 Å². The van der Waals surface area contributed by atoms with E-state index in [4.69, 9.17) is 14.5 Å². The smallest absolute Gasteiger partial charge is 0.192 e. The van der Waals surface area contributed by atoms with E-state index in [1.54, 1.807) is 23.1 Å². The fraction of sp³-hybridized carbons (Fsp3) is 0.227. The number of benzene rings is 2. The lowest BCUT2D eigenvalue weighted by Crippen LogP contribution is -2.24. The van der Waals surface area contributed by atoms with Crippen molar-refractivity contribution in [2.45, 2.75) is 23.4 Å². The molecule has 5 rings (SSSR count). The maximum atomic E-state index is 6.07. The van der Waals surface area contributed by atoms with Gasteiger partial charge in [0, 0.05) is 24.6 Å². The van der Waals surface area contributed by atoms with Gasteiger partial charge in [-0.2, -0.15) is 0 Å². The Morgan fingerprint density at radius 3 is 2.73 bits per heavy atom. The van der Waals surface area contributed by atoms with Gasteiger partial charge in [-0.15, -0.1) is 21.5 Å².